The van der Waals surface area contributed by atoms with E-state index in [9.17, 15) is 19.8 Å². The van der Waals surface area contributed by atoms with Crippen molar-refractivity contribution in [1.82, 2.24) is 5.32 Å². The van der Waals surface area contributed by atoms with Crippen molar-refractivity contribution in [2.75, 3.05) is 6.61 Å². The molecule has 0 aromatic rings. The predicted molar refractivity (Wildman–Crippen MR) is 227 cm³/mol. The Hall–Kier alpha value is -1.92. The molecular formula is C47H87NO5. The van der Waals surface area contributed by atoms with Crippen molar-refractivity contribution in [2.45, 2.75) is 244 Å². The van der Waals surface area contributed by atoms with Crippen molar-refractivity contribution in [3.63, 3.8) is 0 Å². The van der Waals surface area contributed by atoms with Gasteiger partial charge >= 0.3 is 5.97 Å². The van der Waals surface area contributed by atoms with E-state index in [0.717, 1.165) is 77.0 Å². The van der Waals surface area contributed by atoms with Crippen LogP contribution in [0.15, 0.2) is 36.5 Å². The molecule has 6 nitrogen and oxygen atoms in total. The molecule has 0 radical (unpaired) electrons. The van der Waals surface area contributed by atoms with Crippen LogP contribution >= 0.6 is 0 Å². The van der Waals surface area contributed by atoms with E-state index < -0.39 is 18.2 Å². The average Bonchev–Trinajstić information content (AvgIpc) is 3.15. The van der Waals surface area contributed by atoms with Gasteiger partial charge in [-0.3, -0.25) is 9.59 Å². The van der Waals surface area contributed by atoms with Gasteiger partial charge in [0.05, 0.1) is 25.2 Å². The minimum absolute atomic E-state index is 0.0629. The summed E-state index contributed by atoms with van der Waals surface area (Å²) in [5, 5.41) is 23.5. The molecule has 6 heteroatoms. The van der Waals surface area contributed by atoms with Gasteiger partial charge in [-0.15, -0.1) is 0 Å². The Morgan fingerprint density at radius 1 is 0.547 bits per heavy atom. The number of hydrogen-bond donors (Lipinski definition) is 3. The number of carbonyl (C=O) groups is 2. The molecule has 0 saturated heterocycles. The van der Waals surface area contributed by atoms with E-state index in [1.807, 2.05) is 0 Å². The number of unbranched alkanes of at least 4 members (excludes halogenated alkanes) is 23. The van der Waals surface area contributed by atoms with Gasteiger partial charge in [0.1, 0.15) is 6.10 Å². The highest BCUT2D eigenvalue weighted by atomic mass is 16.5. The Bertz CT molecular complexity index is 884. The van der Waals surface area contributed by atoms with Crippen molar-refractivity contribution in [2.24, 2.45) is 0 Å². The first-order chi connectivity index (χ1) is 26.0. The first-order valence-corrected chi connectivity index (χ1v) is 22.7. The van der Waals surface area contributed by atoms with Gasteiger partial charge in [-0.25, -0.2) is 0 Å². The Morgan fingerprint density at radius 3 is 1.51 bits per heavy atom. The molecule has 0 rings (SSSR count). The van der Waals surface area contributed by atoms with E-state index in [-0.39, 0.29) is 24.9 Å². The van der Waals surface area contributed by atoms with Crippen molar-refractivity contribution in [3.05, 3.63) is 36.5 Å². The van der Waals surface area contributed by atoms with Gasteiger partial charge in [-0.1, -0.05) is 173 Å². The van der Waals surface area contributed by atoms with E-state index in [2.05, 4.69) is 62.5 Å². The SMILES string of the molecule is CCCCC/C=C\CCCCCC(CC(=O)NC(CO)C(O)CCCCCCCCCCC)OC(=O)CCCCCCCC/C=C/C=C/CCCCC. The largest absolute Gasteiger partial charge is 0.462 e. The lowest BCUT2D eigenvalue weighted by atomic mass is 10.0. The smallest absolute Gasteiger partial charge is 0.306 e. The van der Waals surface area contributed by atoms with Gasteiger partial charge in [0.15, 0.2) is 0 Å². The van der Waals surface area contributed by atoms with Crippen LogP contribution in [0.1, 0.15) is 226 Å². The zero-order chi connectivity index (χ0) is 38.9. The summed E-state index contributed by atoms with van der Waals surface area (Å²) in [5.41, 5.74) is 0. The van der Waals surface area contributed by atoms with Crippen LogP contribution in [-0.2, 0) is 14.3 Å². The summed E-state index contributed by atoms with van der Waals surface area (Å²) in [4.78, 5) is 25.9. The number of rotatable bonds is 40. The third kappa shape index (κ3) is 36.8. The van der Waals surface area contributed by atoms with E-state index in [1.165, 1.54) is 103 Å². The second-order valence-corrected chi connectivity index (χ2v) is 15.5. The van der Waals surface area contributed by atoms with Gasteiger partial charge in [0.2, 0.25) is 5.91 Å². The maximum absolute atomic E-state index is 13.1. The first-order valence-electron chi connectivity index (χ1n) is 22.7. The van der Waals surface area contributed by atoms with Crippen molar-refractivity contribution in [1.29, 1.82) is 0 Å². The molecular weight excluding hydrogens is 659 g/mol. The summed E-state index contributed by atoms with van der Waals surface area (Å²) in [6, 6.07) is -0.704. The Kier molecular flexibility index (Phi) is 39.8. The molecule has 1 amide bonds. The molecule has 3 unspecified atom stereocenters. The van der Waals surface area contributed by atoms with E-state index in [1.54, 1.807) is 0 Å². The summed E-state index contributed by atoms with van der Waals surface area (Å²) in [6.07, 6.45) is 46.3. The van der Waals surface area contributed by atoms with Crippen LogP contribution in [0.5, 0.6) is 0 Å². The first kappa shape index (κ1) is 51.1. The molecule has 53 heavy (non-hydrogen) atoms. The van der Waals surface area contributed by atoms with Crippen LogP contribution in [0.25, 0.3) is 0 Å². The maximum Gasteiger partial charge on any atom is 0.306 e. The van der Waals surface area contributed by atoms with Crippen LogP contribution in [0.4, 0.5) is 0 Å². The molecule has 3 atom stereocenters. The number of aliphatic hydroxyl groups is 2. The lowest BCUT2D eigenvalue weighted by molar-refractivity contribution is -0.151. The van der Waals surface area contributed by atoms with Crippen LogP contribution in [0, 0.1) is 0 Å². The minimum Gasteiger partial charge on any atom is -0.462 e. The summed E-state index contributed by atoms with van der Waals surface area (Å²) in [5.74, 6) is -0.504. The molecule has 0 aliphatic carbocycles. The van der Waals surface area contributed by atoms with E-state index in [4.69, 9.17) is 4.74 Å². The number of hydrogen-bond acceptors (Lipinski definition) is 5. The third-order valence-electron chi connectivity index (χ3n) is 10.2. The topological polar surface area (TPSA) is 95.9 Å². The number of allylic oxidation sites excluding steroid dienone is 6. The van der Waals surface area contributed by atoms with Gasteiger partial charge in [0, 0.05) is 6.42 Å². The monoisotopic (exact) mass is 746 g/mol. The molecule has 0 aromatic heterocycles. The Balaban J connectivity index is 4.58. The van der Waals surface area contributed by atoms with Crippen LogP contribution in [-0.4, -0.2) is 46.9 Å². The summed E-state index contributed by atoms with van der Waals surface area (Å²) in [7, 11) is 0. The number of amides is 1. The van der Waals surface area contributed by atoms with Crippen LogP contribution in [0.2, 0.25) is 0 Å². The van der Waals surface area contributed by atoms with Gasteiger partial charge in [-0.2, -0.15) is 0 Å². The standard InChI is InChI=1S/C47H87NO5/c1-4-7-10-13-16-19-21-22-23-24-25-28-31-34-37-40-47(52)53-43(38-35-32-29-27-20-17-14-11-8-5-2)41-46(51)48-44(42-49)45(50)39-36-33-30-26-18-15-12-9-6-3/h16-17,19-22,43-45,49-50H,4-15,18,23-42H2,1-3H3,(H,48,51)/b19-16+,20-17-,22-21+. The lowest BCUT2D eigenvalue weighted by Crippen LogP contribution is -2.46. The highest BCUT2D eigenvalue weighted by Crippen LogP contribution is 2.17. The molecule has 0 heterocycles. The third-order valence-corrected chi connectivity index (χ3v) is 10.2. The second-order valence-electron chi connectivity index (χ2n) is 15.5. The molecule has 0 fully saturated rings. The van der Waals surface area contributed by atoms with E-state index in [0.29, 0.717) is 19.3 Å². The quantitative estimate of drug-likeness (QED) is 0.0251. The molecule has 0 aromatic carbocycles. The van der Waals surface area contributed by atoms with Gasteiger partial charge in [0.25, 0.3) is 0 Å². The second kappa shape index (κ2) is 41.2. The predicted octanol–water partition coefficient (Wildman–Crippen LogP) is 12.9. The highest BCUT2D eigenvalue weighted by Gasteiger charge is 2.24. The molecule has 0 aliphatic rings. The van der Waals surface area contributed by atoms with E-state index >= 15 is 0 Å². The minimum atomic E-state index is -0.789. The summed E-state index contributed by atoms with van der Waals surface area (Å²) >= 11 is 0. The van der Waals surface area contributed by atoms with Crippen molar-refractivity contribution >= 4 is 11.9 Å². The molecule has 3 N–H and O–H groups in total. The van der Waals surface area contributed by atoms with Crippen molar-refractivity contribution in [3.8, 4) is 0 Å². The van der Waals surface area contributed by atoms with Crippen LogP contribution in [0.3, 0.4) is 0 Å². The lowest BCUT2D eigenvalue weighted by Gasteiger charge is -2.24. The molecule has 0 aliphatic heterocycles. The molecule has 310 valence electrons. The van der Waals surface area contributed by atoms with Gasteiger partial charge in [-0.05, 0) is 77.0 Å². The van der Waals surface area contributed by atoms with Gasteiger partial charge < -0.3 is 20.3 Å². The number of nitrogens with one attached hydrogen (secondary N) is 1. The number of ether oxygens (including phenoxy) is 1. The number of aliphatic hydroxyl groups excluding tert-OH is 2. The molecule has 0 saturated carbocycles. The summed E-state index contributed by atoms with van der Waals surface area (Å²) < 4.78 is 5.88. The molecule has 0 bridgehead atoms. The Labute approximate surface area is 328 Å². The fraction of sp³-hybridized carbons (Fsp3) is 0.830. The Morgan fingerprint density at radius 2 is 0.962 bits per heavy atom. The number of carbonyl (C=O) groups excluding carboxylic acids is 2. The number of esters is 1. The van der Waals surface area contributed by atoms with Crippen LogP contribution < -0.4 is 5.32 Å². The normalized spacial score (nSPS) is 13.7. The molecule has 0 spiro atoms. The van der Waals surface area contributed by atoms with Crippen molar-refractivity contribution < 1.29 is 24.5 Å². The maximum atomic E-state index is 13.1. The average molecular weight is 746 g/mol. The highest BCUT2D eigenvalue weighted by molar-refractivity contribution is 5.77. The zero-order valence-electron chi connectivity index (χ0n) is 35.1. The summed E-state index contributed by atoms with van der Waals surface area (Å²) in [6.45, 7) is 6.38. The zero-order valence-corrected chi connectivity index (χ0v) is 35.1. The fourth-order valence-electron chi connectivity index (χ4n) is 6.71. The fourth-order valence-corrected chi connectivity index (χ4v) is 6.71.